The highest BCUT2D eigenvalue weighted by Gasteiger charge is 2.47. The molecule has 0 spiro atoms. The Morgan fingerprint density at radius 2 is 2.11 bits per heavy atom. The molecule has 3 heteroatoms. The monoisotopic (exact) mass is 244 g/mol. The number of hydrogen-bond donors (Lipinski definition) is 0. The molecule has 0 amide bonds. The smallest absolute Gasteiger partial charge is 0.330 e. The molecule has 0 N–H and O–H groups in total. The van der Waals surface area contributed by atoms with Crippen molar-refractivity contribution in [1.82, 2.24) is 0 Å². The maximum Gasteiger partial charge on any atom is 0.330 e. The summed E-state index contributed by atoms with van der Waals surface area (Å²) >= 11 is 0. The van der Waals surface area contributed by atoms with Crippen molar-refractivity contribution in [3.8, 4) is 0 Å². The fourth-order valence-corrected chi connectivity index (χ4v) is 1.93. The Morgan fingerprint density at radius 3 is 2.72 bits per heavy atom. The third-order valence-corrected chi connectivity index (χ3v) is 2.85. The molecular formula is C15H16O3. The van der Waals surface area contributed by atoms with E-state index in [0.29, 0.717) is 6.42 Å². The first kappa shape index (κ1) is 12.6. The van der Waals surface area contributed by atoms with E-state index in [1.807, 2.05) is 30.3 Å². The lowest BCUT2D eigenvalue weighted by Crippen LogP contribution is -2.22. The van der Waals surface area contributed by atoms with Gasteiger partial charge in [0.05, 0.1) is 0 Å². The van der Waals surface area contributed by atoms with Crippen LogP contribution in [0, 0.1) is 0 Å². The van der Waals surface area contributed by atoms with Crippen molar-refractivity contribution in [2.45, 2.75) is 24.7 Å². The van der Waals surface area contributed by atoms with Gasteiger partial charge in [-0.25, -0.2) is 4.79 Å². The Hall–Kier alpha value is -1.87. The first-order valence-electron chi connectivity index (χ1n) is 5.90. The van der Waals surface area contributed by atoms with Gasteiger partial charge in [-0.2, -0.15) is 0 Å². The van der Waals surface area contributed by atoms with Gasteiger partial charge in [0.2, 0.25) is 0 Å². The van der Waals surface area contributed by atoms with E-state index in [1.165, 1.54) is 0 Å². The molecule has 0 aliphatic carbocycles. The van der Waals surface area contributed by atoms with Crippen molar-refractivity contribution in [1.29, 1.82) is 0 Å². The largest absolute Gasteiger partial charge is 0.456 e. The number of hydrogen-bond acceptors (Lipinski definition) is 3. The Kier molecular flexibility index (Phi) is 3.95. The summed E-state index contributed by atoms with van der Waals surface area (Å²) in [6.07, 6.45) is 3.09. The van der Waals surface area contributed by atoms with E-state index in [-0.39, 0.29) is 18.3 Å². The molecule has 1 aliphatic rings. The topological polar surface area (TPSA) is 38.8 Å². The number of epoxide rings is 1. The molecule has 1 fully saturated rings. The quantitative estimate of drug-likeness (QED) is 0.334. The Labute approximate surface area is 107 Å². The summed E-state index contributed by atoms with van der Waals surface area (Å²) in [5.74, 6) is -0.427. The molecule has 0 saturated carbocycles. The Morgan fingerprint density at radius 1 is 1.39 bits per heavy atom. The third kappa shape index (κ3) is 2.87. The predicted octanol–water partition coefficient (Wildman–Crippen LogP) is 2.80. The normalized spacial score (nSPS) is 22.9. The van der Waals surface area contributed by atoms with Gasteiger partial charge in [0.15, 0.2) is 0 Å². The van der Waals surface area contributed by atoms with Crippen molar-refractivity contribution >= 4 is 5.97 Å². The van der Waals surface area contributed by atoms with E-state index < -0.39 is 5.97 Å². The van der Waals surface area contributed by atoms with Crippen LogP contribution < -0.4 is 0 Å². The van der Waals surface area contributed by atoms with Crippen molar-refractivity contribution in [2.24, 2.45) is 0 Å². The van der Waals surface area contributed by atoms with Gasteiger partial charge in [0.1, 0.15) is 18.3 Å². The molecule has 1 aliphatic heterocycles. The van der Waals surface area contributed by atoms with Crippen LogP contribution in [0.4, 0.5) is 0 Å². The van der Waals surface area contributed by atoms with Crippen LogP contribution in [0.5, 0.6) is 0 Å². The van der Waals surface area contributed by atoms with E-state index in [4.69, 9.17) is 9.47 Å². The second-order valence-corrected chi connectivity index (χ2v) is 4.14. The zero-order valence-corrected chi connectivity index (χ0v) is 10.1. The molecule has 0 bridgehead atoms. The van der Waals surface area contributed by atoms with Gasteiger partial charge >= 0.3 is 5.97 Å². The van der Waals surface area contributed by atoms with Crippen LogP contribution >= 0.6 is 0 Å². The van der Waals surface area contributed by atoms with Gasteiger partial charge in [-0.3, -0.25) is 0 Å². The molecule has 3 atom stereocenters. The first-order valence-corrected chi connectivity index (χ1v) is 5.90. The maximum absolute atomic E-state index is 11.2. The van der Waals surface area contributed by atoms with Crippen LogP contribution in [0.25, 0.3) is 0 Å². The summed E-state index contributed by atoms with van der Waals surface area (Å²) in [6, 6.07) is 9.90. The van der Waals surface area contributed by atoms with E-state index >= 15 is 0 Å². The fourth-order valence-electron chi connectivity index (χ4n) is 1.93. The summed E-state index contributed by atoms with van der Waals surface area (Å²) in [5, 5.41) is 0. The van der Waals surface area contributed by atoms with Crippen molar-refractivity contribution in [2.75, 3.05) is 0 Å². The zero-order valence-electron chi connectivity index (χ0n) is 10.1. The van der Waals surface area contributed by atoms with Crippen molar-refractivity contribution in [3.05, 3.63) is 61.2 Å². The Balaban J connectivity index is 2.00. The minimum atomic E-state index is -0.427. The fraction of sp³-hybridized carbons (Fsp3) is 0.267. The number of carbonyl (C=O) groups is 1. The van der Waals surface area contributed by atoms with Crippen LogP contribution in [-0.2, 0) is 14.3 Å². The van der Waals surface area contributed by atoms with Gasteiger partial charge in [0.25, 0.3) is 0 Å². The van der Waals surface area contributed by atoms with Crippen LogP contribution in [0.3, 0.4) is 0 Å². The van der Waals surface area contributed by atoms with Crippen LogP contribution in [0.1, 0.15) is 18.1 Å². The minimum absolute atomic E-state index is 0.00812. The van der Waals surface area contributed by atoms with Crippen LogP contribution in [0.15, 0.2) is 55.6 Å². The number of carbonyl (C=O) groups excluding carboxylic acids is 1. The second kappa shape index (κ2) is 5.65. The van der Waals surface area contributed by atoms with Gasteiger partial charge < -0.3 is 9.47 Å². The van der Waals surface area contributed by atoms with Gasteiger partial charge in [-0.15, -0.1) is 6.58 Å². The molecule has 0 unspecified atom stereocenters. The number of esters is 1. The number of benzene rings is 1. The lowest BCUT2D eigenvalue weighted by atomic mass is 10.1. The van der Waals surface area contributed by atoms with Gasteiger partial charge in [0, 0.05) is 12.5 Å². The lowest BCUT2D eigenvalue weighted by molar-refractivity contribution is -0.143. The molecule has 1 saturated heterocycles. The zero-order chi connectivity index (χ0) is 13.0. The summed E-state index contributed by atoms with van der Waals surface area (Å²) in [7, 11) is 0. The van der Waals surface area contributed by atoms with Crippen molar-refractivity contribution in [3.63, 3.8) is 0 Å². The van der Waals surface area contributed by atoms with E-state index in [0.717, 1.165) is 11.6 Å². The highest BCUT2D eigenvalue weighted by atomic mass is 16.6. The van der Waals surface area contributed by atoms with E-state index in [1.54, 1.807) is 6.08 Å². The molecule has 18 heavy (non-hydrogen) atoms. The first-order chi connectivity index (χ1) is 8.76. The van der Waals surface area contributed by atoms with Crippen LogP contribution in [-0.4, -0.2) is 18.2 Å². The standard InChI is InChI=1S/C15H16O3/c1-3-8-12(17-13(16)4-2)15-14(18-15)11-9-6-5-7-10-11/h3-7,9-10,12,14-15H,1-2,8H2/t12-,14-,15-/m1/s1. The molecule has 3 nitrogen and oxygen atoms in total. The highest BCUT2D eigenvalue weighted by molar-refractivity contribution is 5.81. The molecule has 94 valence electrons. The average molecular weight is 244 g/mol. The SMILES string of the molecule is C=CC[C@@H](OC(=O)C=C)[C@H]1O[C@@H]1c1ccccc1. The predicted molar refractivity (Wildman–Crippen MR) is 68.9 cm³/mol. The number of rotatable bonds is 6. The lowest BCUT2D eigenvalue weighted by Gasteiger charge is -2.12. The number of ether oxygens (including phenoxy) is 2. The summed E-state index contributed by atoms with van der Waals surface area (Å²) in [5.41, 5.74) is 1.10. The maximum atomic E-state index is 11.2. The molecule has 2 rings (SSSR count). The van der Waals surface area contributed by atoms with E-state index in [2.05, 4.69) is 13.2 Å². The van der Waals surface area contributed by atoms with Crippen molar-refractivity contribution < 1.29 is 14.3 Å². The van der Waals surface area contributed by atoms with Gasteiger partial charge in [-0.05, 0) is 5.56 Å². The molecule has 1 aromatic carbocycles. The molecule has 1 heterocycles. The van der Waals surface area contributed by atoms with Gasteiger partial charge in [-0.1, -0.05) is 43.0 Å². The Bertz CT molecular complexity index is 438. The summed E-state index contributed by atoms with van der Waals surface area (Å²) in [6.45, 7) is 7.06. The highest BCUT2D eigenvalue weighted by Crippen LogP contribution is 2.42. The summed E-state index contributed by atoms with van der Waals surface area (Å²) in [4.78, 5) is 11.2. The molecular weight excluding hydrogens is 228 g/mol. The van der Waals surface area contributed by atoms with Crippen LogP contribution in [0.2, 0.25) is 0 Å². The average Bonchev–Trinajstić information content (AvgIpc) is 3.19. The summed E-state index contributed by atoms with van der Waals surface area (Å²) < 4.78 is 10.9. The third-order valence-electron chi connectivity index (χ3n) is 2.85. The molecule has 0 aromatic heterocycles. The molecule has 0 radical (unpaired) electrons. The minimum Gasteiger partial charge on any atom is -0.456 e. The molecule has 1 aromatic rings. The van der Waals surface area contributed by atoms with E-state index in [9.17, 15) is 4.79 Å². The second-order valence-electron chi connectivity index (χ2n) is 4.14.